The van der Waals surface area contributed by atoms with Crippen LogP contribution in [0.1, 0.15) is 32.6 Å². The van der Waals surface area contributed by atoms with E-state index in [1.165, 1.54) is 25.7 Å². The van der Waals surface area contributed by atoms with Gasteiger partial charge in [-0.3, -0.25) is 0 Å². The molecule has 1 heterocycles. The van der Waals surface area contributed by atoms with Crippen LogP contribution in [0.3, 0.4) is 0 Å². The molecule has 0 aromatic carbocycles. The van der Waals surface area contributed by atoms with E-state index in [1.54, 1.807) is 0 Å². The number of rotatable bonds is 5. The summed E-state index contributed by atoms with van der Waals surface area (Å²) >= 11 is 0. The molecule has 0 aromatic heterocycles. The average molecular weight is 213 g/mol. The van der Waals surface area contributed by atoms with Gasteiger partial charge in [0, 0.05) is 18.6 Å². The van der Waals surface area contributed by atoms with Gasteiger partial charge in [-0.15, -0.1) is 0 Å². The fourth-order valence-corrected chi connectivity index (χ4v) is 2.55. The maximum Gasteiger partial charge on any atom is 0.0590 e. The molecule has 0 radical (unpaired) electrons. The van der Waals surface area contributed by atoms with Gasteiger partial charge in [0.05, 0.1) is 19.3 Å². The highest BCUT2D eigenvalue weighted by molar-refractivity contribution is 4.81. The molecular weight excluding hydrogens is 190 g/mol. The fraction of sp³-hybridized carbons (Fsp3) is 1.00. The van der Waals surface area contributed by atoms with Crippen molar-refractivity contribution in [2.45, 2.75) is 44.8 Å². The van der Waals surface area contributed by atoms with Gasteiger partial charge < -0.3 is 14.8 Å². The standard InChI is InChI=1S/C12H23NO2/c1-2-13-11-3-4-12(7-11)15-9-10-5-6-14-8-10/h10-13H,2-9H2,1H3. The van der Waals surface area contributed by atoms with E-state index in [2.05, 4.69) is 12.2 Å². The molecule has 0 aromatic rings. The maximum absolute atomic E-state index is 5.94. The minimum atomic E-state index is 0.495. The molecule has 15 heavy (non-hydrogen) atoms. The smallest absolute Gasteiger partial charge is 0.0590 e. The summed E-state index contributed by atoms with van der Waals surface area (Å²) in [5.41, 5.74) is 0. The molecule has 3 atom stereocenters. The van der Waals surface area contributed by atoms with Crippen LogP contribution in [0.25, 0.3) is 0 Å². The van der Waals surface area contributed by atoms with Gasteiger partial charge in [-0.1, -0.05) is 6.92 Å². The molecule has 1 saturated heterocycles. The van der Waals surface area contributed by atoms with Crippen molar-refractivity contribution in [3.63, 3.8) is 0 Å². The Labute approximate surface area is 92.5 Å². The van der Waals surface area contributed by atoms with E-state index in [-0.39, 0.29) is 0 Å². The second-order valence-corrected chi connectivity index (χ2v) is 4.75. The Kier molecular flexibility index (Phi) is 4.42. The highest BCUT2D eigenvalue weighted by atomic mass is 16.5. The van der Waals surface area contributed by atoms with Crippen molar-refractivity contribution in [1.29, 1.82) is 0 Å². The lowest BCUT2D eigenvalue weighted by atomic mass is 10.1. The summed E-state index contributed by atoms with van der Waals surface area (Å²) in [5, 5.41) is 3.50. The number of nitrogens with one attached hydrogen (secondary N) is 1. The van der Waals surface area contributed by atoms with Crippen molar-refractivity contribution in [1.82, 2.24) is 5.32 Å². The molecule has 3 unspecified atom stereocenters. The van der Waals surface area contributed by atoms with E-state index >= 15 is 0 Å². The van der Waals surface area contributed by atoms with E-state index < -0.39 is 0 Å². The minimum absolute atomic E-state index is 0.495. The predicted molar refractivity (Wildman–Crippen MR) is 60.0 cm³/mol. The molecule has 0 amide bonds. The summed E-state index contributed by atoms with van der Waals surface area (Å²) in [6, 6.07) is 0.694. The first-order valence-electron chi connectivity index (χ1n) is 6.31. The van der Waals surface area contributed by atoms with E-state index in [1.807, 2.05) is 0 Å². The van der Waals surface area contributed by atoms with Crippen LogP contribution in [0, 0.1) is 5.92 Å². The third-order valence-corrected chi connectivity index (χ3v) is 3.47. The van der Waals surface area contributed by atoms with Gasteiger partial charge >= 0.3 is 0 Å². The van der Waals surface area contributed by atoms with Gasteiger partial charge in [0.25, 0.3) is 0 Å². The third-order valence-electron chi connectivity index (χ3n) is 3.47. The first-order valence-corrected chi connectivity index (χ1v) is 6.31. The van der Waals surface area contributed by atoms with Crippen molar-refractivity contribution in [2.24, 2.45) is 5.92 Å². The highest BCUT2D eigenvalue weighted by Gasteiger charge is 2.26. The normalized spacial score (nSPS) is 36.2. The molecule has 0 spiro atoms. The summed E-state index contributed by atoms with van der Waals surface area (Å²) in [7, 11) is 0. The topological polar surface area (TPSA) is 30.5 Å². The fourth-order valence-electron chi connectivity index (χ4n) is 2.55. The number of ether oxygens (including phenoxy) is 2. The lowest BCUT2D eigenvalue weighted by molar-refractivity contribution is 0.0292. The zero-order chi connectivity index (χ0) is 10.5. The van der Waals surface area contributed by atoms with Crippen LogP contribution in [-0.4, -0.2) is 38.5 Å². The molecule has 1 N–H and O–H groups in total. The summed E-state index contributed by atoms with van der Waals surface area (Å²) in [6.45, 7) is 5.99. The summed E-state index contributed by atoms with van der Waals surface area (Å²) in [4.78, 5) is 0. The second-order valence-electron chi connectivity index (χ2n) is 4.75. The molecule has 1 aliphatic heterocycles. The van der Waals surface area contributed by atoms with Crippen LogP contribution >= 0.6 is 0 Å². The maximum atomic E-state index is 5.94. The zero-order valence-electron chi connectivity index (χ0n) is 9.71. The average Bonchev–Trinajstić information content (AvgIpc) is 2.85. The number of hydrogen-bond donors (Lipinski definition) is 1. The highest BCUT2D eigenvalue weighted by Crippen LogP contribution is 2.23. The second kappa shape index (κ2) is 5.83. The largest absolute Gasteiger partial charge is 0.381 e. The molecule has 1 saturated carbocycles. The Balaban J connectivity index is 1.59. The lowest BCUT2D eigenvalue weighted by Crippen LogP contribution is -2.27. The summed E-state index contributed by atoms with van der Waals surface area (Å²) < 4.78 is 11.3. The predicted octanol–water partition coefficient (Wildman–Crippen LogP) is 1.57. The lowest BCUT2D eigenvalue weighted by Gasteiger charge is -2.15. The molecule has 2 fully saturated rings. The Hall–Kier alpha value is -0.120. The van der Waals surface area contributed by atoms with Crippen LogP contribution < -0.4 is 5.32 Å². The monoisotopic (exact) mass is 213 g/mol. The van der Waals surface area contributed by atoms with E-state index in [0.717, 1.165) is 26.4 Å². The van der Waals surface area contributed by atoms with Gasteiger partial charge in [0.15, 0.2) is 0 Å². The molecule has 1 aliphatic carbocycles. The van der Waals surface area contributed by atoms with E-state index in [4.69, 9.17) is 9.47 Å². The van der Waals surface area contributed by atoms with Gasteiger partial charge in [-0.25, -0.2) is 0 Å². The molecule has 88 valence electrons. The Morgan fingerprint density at radius 1 is 1.33 bits per heavy atom. The summed E-state index contributed by atoms with van der Waals surface area (Å²) in [6.07, 6.45) is 5.38. The Bertz CT molecular complexity index is 180. The van der Waals surface area contributed by atoms with Crippen molar-refractivity contribution in [3.8, 4) is 0 Å². The van der Waals surface area contributed by atoms with Crippen molar-refractivity contribution >= 4 is 0 Å². The number of hydrogen-bond acceptors (Lipinski definition) is 3. The van der Waals surface area contributed by atoms with Crippen molar-refractivity contribution in [3.05, 3.63) is 0 Å². The van der Waals surface area contributed by atoms with Crippen molar-refractivity contribution < 1.29 is 9.47 Å². The van der Waals surface area contributed by atoms with Crippen LogP contribution in [0.5, 0.6) is 0 Å². The molecule has 3 nitrogen and oxygen atoms in total. The zero-order valence-corrected chi connectivity index (χ0v) is 9.71. The van der Waals surface area contributed by atoms with Gasteiger partial charge in [0.1, 0.15) is 0 Å². The Morgan fingerprint density at radius 3 is 3.00 bits per heavy atom. The van der Waals surface area contributed by atoms with Crippen LogP contribution in [-0.2, 0) is 9.47 Å². The minimum Gasteiger partial charge on any atom is -0.381 e. The first-order chi connectivity index (χ1) is 7.38. The van der Waals surface area contributed by atoms with Crippen LogP contribution in [0.2, 0.25) is 0 Å². The van der Waals surface area contributed by atoms with Crippen molar-refractivity contribution in [2.75, 3.05) is 26.4 Å². The molecular formula is C12H23NO2. The first kappa shape index (κ1) is 11.4. The van der Waals surface area contributed by atoms with E-state index in [9.17, 15) is 0 Å². The van der Waals surface area contributed by atoms with Gasteiger partial charge in [0.2, 0.25) is 0 Å². The molecule has 2 aliphatic rings. The van der Waals surface area contributed by atoms with Crippen LogP contribution in [0.4, 0.5) is 0 Å². The molecule has 2 rings (SSSR count). The molecule has 0 bridgehead atoms. The van der Waals surface area contributed by atoms with Gasteiger partial charge in [-0.2, -0.15) is 0 Å². The van der Waals surface area contributed by atoms with Gasteiger partial charge in [-0.05, 0) is 32.2 Å². The van der Waals surface area contributed by atoms with Crippen LogP contribution in [0.15, 0.2) is 0 Å². The quantitative estimate of drug-likeness (QED) is 0.752. The molecule has 3 heteroatoms. The SMILES string of the molecule is CCNC1CCC(OCC2CCOC2)C1. The summed E-state index contributed by atoms with van der Waals surface area (Å²) in [5.74, 6) is 0.656. The van der Waals surface area contributed by atoms with E-state index in [0.29, 0.717) is 18.1 Å². The third kappa shape index (κ3) is 3.44. The Morgan fingerprint density at radius 2 is 2.27 bits per heavy atom.